The molecule has 0 radical (unpaired) electrons. The molecule has 0 amide bonds. The van der Waals surface area contributed by atoms with E-state index in [1.165, 1.54) is 18.2 Å². The van der Waals surface area contributed by atoms with E-state index >= 15 is 0 Å². The van der Waals surface area contributed by atoms with Crippen LogP contribution in [-0.4, -0.2) is 4.92 Å². The van der Waals surface area contributed by atoms with Gasteiger partial charge in [0.2, 0.25) is 0 Å². The Morgan fingerprint density at radius 2 is 2.00 bits per heavy atom. The van der Waals surface area contributed by atoms with Gasteiger partial charge in [-0.05, 0) is 24.3 Å². The molecule has 0 bridgehead atoms. The molecule has 2 rings (SSSR count). The highest BCUT2D eigenvalue weighted by Gasteiger charge is 2.30. The molecule has 2 aromatic rings. The van der Waals surface area contributed by atoms with Crippen molar-refractivity contribution in [2.24, 2.45) is 0 Å². The zero-order valence-electron chi connectivity index (χ0n) is 10.3. The van der Waals surface area contributed by atoms with Gasteiger partial charge in [-0.1, -0.05) is 11.6 Å². The number of nitro groups is 1. The van der Waals surface area contributed by atoms with Gasteiger partial charge >= 0.3 is 12.1 Å². The van der Waals surface area contributed by atoms with Crippen LogP contribution in [-0.2, 0) is 12.7 Å². The summed E-state index contributed by atoms with van der Waals surface area (Å²) in [5.74, 6) is -0.150. The lowest BCUT2D eigenvalue weighted by Gasteiger charge is -2.10. The normalized spacial score (nSPS) is 11.4. The highest BCUT2D eigenvalue weighted by Crippen LogP contribution is 2.33. The molecule has 112 valence electrons. The minimum absolute atomic E-state index is 0.0545. The van der Waals surface area contributed by atoms with Gasteiger partial charge < -0.3 is 9.73 Å². The van der Waals surface area contributed by atoms with Crippen LogP contribution in [0.15, 0.2) is 34.7 Å². The molecular formula is C12H8ClF3N2O3. The highest BCUT2D eigenvalue weighted by molar-refractivity contribution is 6.33. The summed E-state index contributed by atoms with van der Waals surface area (Å²) >= 11 is 5.76. The van der Waals surface area contributed by atoms with E-state index in [9.17, 15) is 23.3 Å². The second kappa shape index (κ2) is 5.65. The van der Waals surface area contributed by atoms with E-state index in [0.717, 1.165) is 12.1 Å². The Kier molecular flexibility index (Phi) is 4.08. The van der Waals surface area contributed by atoms with Crippen molar-refractivity contribution in [2.75, 3.05) is 5.32 Å². The lowest BCUT2D eigenvalue weighted by Crippen LogP contribution is -2.06. The summed E-state index contributed by atoms with van der Waals surface area (Å²) in [5, 5.41) is 13.1. The molecule has 0 aliphatic rings. The van der Waals surface area contributed by atoms with Crippen LogP contribution in [0.25, 0.3) is 0 Å². The van der Waals surface area contributed by atoms with Crippen molar-refractivity contribution in [1.29, 1.82) is 0 Å². The molecule has 0 unspecified atom stereocenters. The summed E-state index contributed by atoms with van der Waals surface area (Å²) in [5.41, 5.74) is -0.588. The molecule has 1 aromatic carbocycles. The fourth-order valence-electron chi connectivity index (χ4n) is 1.58. The van der Waals surface area contributed by atoms with Crippen molar-refractivity contribution >= 4 is 23.2 Å². The van der Waals surface area contributed by atoms with E-state index in [4.69, 9.17) is 16.0 Å². The van der Waals surface area contributed by atoms with Gasteiger partial charge in [0.05, 0.1) is 28.9 Å². The van der Waals surface area contributed by atoms with Crippen molar-refractivity contribution < 1.29 is 22.5 Å². The van der Waals surface area contributed by atoms with Gasteiger partial charge in [0.25, 0.3) is 0 Å². The first-order valence-electron chi connectivity index (χ1n) is 5.61. The zero-order valence-corrected chi connectivity index (χ0v) is 11.0. The van der Waals surface area contributed by atoms with Crippen LogP contribution in [0.1, 0.15) is 11.3 Å². The first-order chi connectivity index (χ1) is 9.77. The van der Waals surface area contributed by atoms with Gasteiger partial charge in [-0.25, -0.2) is 0 Å². The Bertz CT molecular complexity index is 670. The Labute approximate surface area is 121 Å². The van der Waals surface area contributed by atoms with Crippen molar-refractivity contribution in [3.05, 3.63) is 56.8 Å². The molecule has 9 heteroatoms. The molecule has 0 atom stereocenters. The SMILES string of the molecule is O=[N+]([O-])c1ccc(CNc2ccc(C(F)(F)F)cc2Cl)o1. The monoisotopic (exact) mass is 320 g/mol. The van der Waals surface area contributed by atoms with Gasteiger partial charge in [0.1, 0.15) is 10.7 Å². The van der Waals surface area contributed by atoms with Crippen LogP contribution in [0.3, 0.4) is 0 Å². The van der Waals surface area contributed by atoms with E-state index in [1.807, 2.05) is 0 Å². The van der Waals surface area contributed by atoms with Crippen LogP contribution < -0.4 is 5.32 Å². The average Bonchev–Trinajstić information content (AvgIpc) is 2.85. The van der Waals surface area contributed by atoms with Crippen LogP contribution in [0, 0.1) is 10.1 Å². The molecule has 0 saturated carbocycles. The largest absolute Gasteiger partial charge is 0.433 e. The van der Waals surface area contributed by atoms with E-state index < -0.39 is 22.5 Å². The Morgan fingerprint density at radius 3 is 2.52 bits per heavy atom. The quantitative estimate of drug-likeness (QED) is 0.666. The van der Waals surface area contributed by atoms with Crippen molar-refractivity contribution in [3.8, 4) is 0 Å². The maximum absolute atomic E-state index is 12.5. The average molecular weight is 321 g/mol. The number of nitrogens with zero attached hydrogens (tertiary/aromatic N) is 1. The summed E-state index contributed by atoms with van der Waals surface area (Å²) in [6.07, 6.45) is -4.47. The molecule has 0 aliphatic carbocycles. The number of furan rings is 1. The first kappa shape index (κ1) is 15.2. The van der Waals surface area contributed by atoms with E-state index in [-0.39, 0.29) is 23.0 Å². The Morgan fingerprint density at radius 1 is 1.29 bits per heavy atom. The fourth-order valence-corrected chi connectivity index (χ4v) is 1.82. The van der Waals surface area contributed by atoms with Crippen LogP contribution in [0.5, 0.6) is 0 Å². The van der Waals surface area contributed by atoms with Crippen molar-refractivity contribution in [2.45, 2.75) is 12.7 Å². The molecule has 5 nitrogen and oxygen atoms in total. The summed E-state index contributed by atoms with van der Waals surface area (Å²) in [7, 11) is 0. The number of nitrogens with one attached hydrogen (secondary N) is 1. The molecule has 0 aliphatic heterocycles. The summed E-state index contributed by atoms with van der Waals surface area (Å²) in [6, 6.07) is 5.45. The summed E-state index contributed by atoms with van der Waals surface area (Å²) < 4.78 is 42.3. The molecule has 1 aromatic heterocycles. The van der Waals surface area contributed by atoms with Crippen LogP contribution >= 0.6 is 11.6 Å². The van der Waals surface area contributed by atoms with E-state index in [2.05, 4.69) is 5.32 Å². The maximum Gasteiger partial charge on any atom is 0.433 e. The molecule has 1 N–H and O–H groups in total. The minimum Gasteiger partial charge on any atom is -0.404 e. The predicted molar refractivity (Wildman–Crippen MR) is 69.1 cm³/mol. The Balaban J connectivity index is 2.08. The number of benzene rings is 1. The smallest absolute Gasteiger partial charge is 0.404 e. The van der Waals surface area contributed by atoms with Crippen molar-refractivity contribution in [1.82, 2.24) is 0 Å². The summed E-state index contributed by atoms with van der Waals surface area (Å²) in [6.45, 7) is 0.0545. The van der Waals surface area contributed by atoms with Gasteiger partial charge in [0.15, 0.2) is 0 Å². The standard InChI is InChI=1S/C12H8ClF3N2O3/c13-9-5-7(12(14,15)16)1-3-10(9)17-6-8-2-4-11(21-8)18(19)20/h1-5,17H,6H2. The summed E-state index contributed by atoms with van der Waals surface area (Å²) in [4.78, 5) is 9.75. The van der Waals surface area contributed by atoms with Crippen LogP contribution in [0.2, 0.25) is 5.02 Å². The third-order valence-corrected chi connectivity index (χ3v) is 2.89. The van der Waals surface area contributed by atoms with E-state index in [1.54, 1.807) is 0 Å². The molecule has 21 heavy (non-hydrogen) atoms. The van der Waals surface area contributed by atoms with Gasteiger partial charge in [-0.15, -0.1) is 0 Å². The number of anilines is 1. The maximum atomic E-state index is 12.5. The second-order valence-electron chi connectivity index (χ2n) is 4.04. The highest BCUT2D eigenvalue weighted by atomic mass is 35.5. The van der Waals surface area contributed by atoms with Crippen LogP contribution in [0.4, 0.5) is 24.7 Å². The molecule has 0 saturated heterocycles. The van der Waals surface area contributed by atoms with Crippen molar-refractivity contribution in [3.63, 3.8) is 0 Å². The number of rotatable bonds is 4. The number of hydrogen-bond acceptors (Lipinski definition) is 4. The fraction of sp³-hybridized carbons (Fsp3) is 0.167. The Hall–Kier alpha value is -2.22. The van der Waals surface area contributed by atoms with Gasteiger partial charge in [-0.3, -0.25) is 10.1 Å². The molecule has 1 heterocycles. The molecular weight excluding hydrogens is 313 g/mol. The van der Waals surface area contributed by atoms with E-state index in [0.29, 0.717) is 0 Å². The minimum atomic E-state index is -4.47. The van der Waals surface area contributed by atoms with Gasteiger partial charge in [0, 0.05) is 0 Å². The third-order valence-electron chi connectivity index (χ3n) is 2.58. The molecule has 0 fully saturated rings. The number of hydrogen-bond donors (Lipinski definition) is 1. The first-order valence-corrected chi connectivity index (χ1v) is 5.99. The number of halogens is 4. The second-order valence-corrected chi connectivity index (χ2v) is 4.45. The lowest BCUT2D eigenvalue weighted by atomic mass is 10.2. The third kappa shape index (κ3) is 3.66. The lowest BCUT2D eigenvalue weighted by molar-refractivity contribution is -0.402. The molecule has 0 spiro atoms. The zero-order chi connectivity index (χ0) is 15.6. The topological polar surface area (TPSA) is 68.3 Å². The van der Waals surface area contributed by atoms with Gasteiger partial charge in [-0.2, -0.15) is 13.2 Å². The predicted octanol–water partition coefficient (Wildman–Crippen LogP) is 4.47. The number of alkyl halides is 3.